The largest absolute Gasteiger partial charge is 0.497 e. The van der Waals surface area contributed by atoms with Crippen molar-refractivity contribution in [2.45, 2.75) is 39.8 Å². The molecule has 35 heavy (non-hydrogen) atoms. The molecule has 2 heterocycles. The molecule has 0 aliphatic carbocycles. The van der Waals surface area contributed by atoms with Gasteiger partial charge in [-0.15, -0.1) is 0 Å². The highest BCUT2D eigenvalue weighted by Gasteiger charge is 2.33. The molecule has 1 aromatic heterocycles. The number of ether oxygens (including phenoxy) is 3. The van der Waals surface area contributed by atoms with Crippen LogP contribution in [0.2, 0.25) is 0 Å². The summed E-state index contributed by atoms with van der Waals surface area (Å²) in [6, 6.07) is 14.2. The number of thiazole rings is 1. The zero-order chi connectivity index (χ0) is 25.1. The van der Waals surface area contributed by atoms with Crippen LogP contribution in [-0.2, 0) is 9.53 Å². The minimum absolute atomic E-state index is 0.0358. The number of aromatic nitrogens is 1. The normalized spacial score (nSPS) is 15.6. The molecule has 1 atom stereocenters. The quantitative estimate of drug-likeness (QED) is 0.471. The molecule has 0 N–H and O–H groups in total. The SMILES string of the molecule is CCOC(=O)C1=C(C)N=c2s/c(=C\c3ccc(OC)cc3)c(=O)n2C1c1ccc(OC(C)C)cc1. The summed E-state index contributed by atoms with van der Waals surface area (Å²) in [5.41, 5.74) is 2.31. The highest BCUT2D eigenvalue weighted by atomic mass is 32.1. The van der Waals surface area contributed by atoms with Gasteiger partial charge in [0.15, 0.2) is 4.80 Å². The molecule has 4 rings (SSSR count). The van der Waals surface area contributed by atoms with Crippen molar-refractivity contribution in [3.63, 3.8) is 0 Å². The number of allylic oxidation sites excluding steroid dienone is 1. The maximum Gasteiger partial charge on any atom is 0.338 e. The third-order valence-electron chi connectivity index (χ3n) is 5.50. The second-order valence-electron chi connectivity index (χ2n) is 8.31. The van der Waals surface area contributed by atoms with Crippen LogP contribution in [0.25, 0.3) is 6.08 Å². The zero-order valence-corrected chi connectivity index (χ0v) is 21.2. The molecule has 0 spiro atoms. The van der Waals surface area contributed by atoms with Gasteiger partial charge in [-0.3, -0.25) is 9.36 Å². The fourth-order valence-electron chi connectivity index (χ4n) is 3.96. The average Bonchev–Trinajstić information content (AvgIpc) is 3.13. The van der Waals surface area contributed by atoms with Crippen LogP contribution in [0.15, 0.2) is 69.6 Å². The van der Waals surface area contributed by atoms with E-state index in [4.69, 9.17) is 14.2 Å². The molecule has 1 unspecified atom stereocenters. The number of esters is 1. The van der Waals surface area contributed by atoms with Crippen molar-refractivity contribution in [2.75, 3.05) is 13.7 Å². The van der Waals surface area contributed by atoms with Crippen molar-refractivity contribution < 1.29 is 19.0 Å². The second-order valence-corrected chi connectivity index (χ2v) is 9.32. The van der Waals surface area contributed by atoms with Gasteiger partial charge in [0, 0.05) is 0 Å². The Kier molecular flexibility index (Phi) is 7.21. The molecule has 0 amide bonds. The maximum atomic E-state index is 13.6. The monoisotopic (exact) mass is 492 g/mol. The molecular weight excluding hydrogens is 464 g/mol. The number of hydrogen-bond donors (Lipinski definition) is 0. The summed E-state index contributed by atoms with van der Waals surface area (Å²) < 4.78 is 18.4. The molecule has 182 valence electrons. The Morgan fingerprint density at radius 3 is 2.37 bits per heavy atom. The van der Waals surface area contributed by atoms with Crippen molar-refractivity contribution in [1.29, 1.82) is 0 Å². The topological polar surface area (TPSA) is 79.1 Å². The molecule has 8 heteroatoms. The minimum atomic E-state index is -0.656. The van der Waals surface area contributed by atoms with Gasteiger partial charge < -0.3 is 14.2 Å². The average molecular weight is 493 g/mol. The van der Waals surface area contributed by atoms with E-state index in [1.165, 1.54) is 11.3 Å². The molecule has 0 saturated heterocycles. The van der Waals surface area contributed by atoms with E-state index in [9.17, 15) is 9.59 Å². The van der Waals surface area contributed by atoms with Gasteiger partial charge >= 0.3 is 5.97 Å². The van der Waals surface area contributed by atoms with E-state index in [-0.39, 0.29) is 18.3 Å². The van der Waals surface area contributed by atoms with Gasteiger partial charge in [-0.05, 0) is 69.2 Å². The van der Waals surface area contributed by atoms with Gasteiger partial charge in [-0.25, -0.2) is 9.79 Å². The van der Waals surface area contributed by atoms with Crippen LogP contribution < -0.4 is 24.4 Å². The first-order valence-corrected chi connectivity index (χ1v) is 12.2. The van der Waals surface area contributed by atoms with Gasteiger partial charge in [-0.2, -0.15) is 0 Å². The number of rotatable bonds is 7. The maximum absolute atomic E-state index is 13.6. The number of carbonyl (C=O) groups is 1. The molecule has 0 fully saturated rings. The summed E-state index contributed by atoms with van der Waals surface area (Å²) in [5.74, 6) is 0.975. The molecule has 7 nitrogen and oxygen atoms in total. The van der Waals surface area contributed by atoms with Crippen LogP contribution in [0.3, 0.4) is 0 Å². The summed E-state index contributed by atoms with van der Waals surface area (Å²) in [7, 11) is 1.61. The molecule has 3 aromatic rings. The zero-order valence-electron chi connectivity index (χ0n) is 20.4. The van der Waals surface area contributed by atoms with Gasteiger partial charge in [0.25, 0.3) is 5.56 Å². The first-order valence-electron chi connectivity index (χ1n) is 11.4. The standard InChI is InChI=1S/C27H28N2O5S/c1-6-33-26(31)23-17(4)28-27-29(24(23)19-9-13-21(14-10-19)34-16(2)3)25(30)22(35-27)15-18-7-11-20(32-5)12-8-18/h7-16,24H,6H2,1-5H3/b22-15-. The number of carbonyl (C=O) groups excluding carboxylic acids is 1. The number of nitrogens with zero attached hydrogens (tertiary/aromatic N) is 2. The summed E-state index contributed by atoms with van der Waals surface area (Å²) in [6.45, 7) is 7.67. The van der Waals surface area contributed by atoms with Crippen LogP contribution in [-0.4, -0.2) is 30.4 Å². The Balaban J connectivity index is 1.87. The lowest BCUT2D eigenvalue weighted by Gasteiger charge is -2.25. The summed E-state index contributed by atoms with van der Waals surface area (Å²) in [6.07, 6.45) is 1.86. The van der Waals surface area contributed by atoms with Crippen molar-refractivity contribution in [3.8, 4) is 11.5 Å². The smallest absolute Gasteiger partial charge is 0.338 e. The first-order chi connectivity index (χ1) is 16.8. The molecular formula is C27H28N2O5S. The van der Waals surface area contributed by atoms with E-state index in [0.29, 0.717) is 26.4 Å². The summed E-state index contributed by atoms with van der Waals surface area (Å²) >= 11 is 1.29. The fourth-order valence-corrected chi connectivity index (χ4v) is 5.01. The predicted molar refractivity (Wildman–Crippen MR) is 136 cm³/mol. The highest BCUT2D eigenvalue weighted by molar-refractivity contribution is 7.07. The Labute approximate surface area is 207 Å². The minimum Gasteiger partial charge on any atom is -0.497 e. The molecule has 2 aromatic carbocycles. The van der Waals surface area contributed by atoms with E-state index in [1.54, 1.807) is 25.5 Å². The van der Waals surface area contributed by atoms with Crippen LogP contribution in [0.4, 0.5) is 0 Å². The number of methoxy groups -OCH3 is 1. The Hall–Kier alpha value is -3.65. The third-order valence-corrected chi connectivity index (χ3v) is 6.48. The molecule has 0 bridgehead atoms. The van der Waals surface area contributed by atoms with Crippen molar-refractivity contribution in [1.82, 2.24) is 4.57 Å². The second kappa shape index (κ2) is 10.3. The number of benzene rings is 2. The number of hydrogen-bond acceptors (Lipinski definition) is 7. The Bertz CT molecular complexity index is 1430. The van der Waals surface area contributed by atoms with Gasteiger partial charge in [-0.1, -0.05) is 35.6 Å². The van der Waals surface area contributed by atoms with E-state index < -0.39 is 12.0 Å². The van der Waals surface area contributed by atoms with Crippen molar-refractivity contribution >= 4 is 23.4 Å². The van der Waals surface area contributed by atoms with E-state index in [1.807, 2.05) is 68.5 Å². The Morgan fingerprint density at radius 1 is 1.11 bits per heavy atom. The van der Waals surface area contributed by atoms with Gasteiger partial charge in [0.05, 0.1) is 41.7 Å². The van der Waals surface area contributed by atoms with E-state index >= 15 is 0 Å². The molecule has 1 aliphatic heterocycles. The van der Waals surface area contributed by atoms with Crippen molar-refractivity contribution in [3.05, 3.63) is 90.6 Å². The molecule has 0 radical (unpaired) electrons. The fraction of sp³-hybridized carbons (Fsp3) is 0.296. The lowest BCUT2D eigenvalue weighted by Crippen LogP contribution is -2.39. The summed E-state index contributed by atoms with van der Waals surface area (Å²) in [5, 5.41) is 0. The Morgan fingerprint density at radius 2 is 1.77 bits per heavy atom. The van der Waals surface area contributed by atoms with E-state index in [2.05, 4.69) is 4.99 Å². The number of fused-ring (bicyclic) bond motifs is 1. The lowest BCUT2D eigenvalue weighted by atomic mass is 9.96. The lowest BCUT2D eigenvalue weighted by molar-refractivity contribution is -0.139. The summed E-state index contributed by atoms with van der Waals surface area (Å²) in [4.78, 5) is 31.8. The van der Waals surface area contributed by atoms with Gasteiger partial charge in [0.2, 0.25) is 0 Å². The van der Waals surface area contributed by atoms with Crippen LogP contribution in [0.5, 0.6) is 11.5 Å². The van der Waals surface area contributed by atoms with Crippen LogP contribution in [0, 0.1) is 0 Å². The van der Waals surface area contributed by atoms with E-state index in [0.717, 1.165) is 16.9 Å². The highest BCUT2D eigenvalue weighted by Crippen LogP contribution is 2.31. The van der Waals surface area contributed by atoms with Gasteiger partial charge in [0.1, 0.15) is 11.5 Å². The predicted octanol–water partition coefficient (Wildman–Crippen LogP) is 3.59. The molecule has 0 saturated carbocycles. The van der Waals surface area contributed by atoms with Crippen LogP contribution >= 0.6 is 11.3 Å². The first kappa shape index (κ1) is 24.5. The van der Waals surface area contributed by atoms with Crippen LogP contribution in [0.1, 0.15) is 44.9 Å². The molecule has 1 aliphatic rings. The third kappa shape index (κ3) is 5.07. The van der Waals surface area contributed by atoms with Crippen molar-refractivity contribution in [2.24, 2.45) is 4.99 Å².